The maximum atomic E-state index is 13.9. The highest BCUT2D eigenvalue weighted by atomic mass is 16.6. The molecule has 3 unspecified atom stereocenters. The third-order valence-corrected chi connectivity index (χ3v) is 5.45. The average Bonchev–Trinajstić information content (AvgIpc) is 2.70. The largest absolute Gasteiger partial charge is 0.444 e. The number of benzene rings is 1. The minimum Gasteiger partial charge on any atom is -0.444 e. The van der Waals surface area contributed by atoms with Gasteiger partial charge in [-0.15, -0.1) is 0 Å². The van der Waals surface area contributed by atoms with E-state index in [0.717, 1.165) is 24.0 Å². The van der Waals surface area contributed by atoms with E-state index in [1.54, 1.807) is 20.8 Å². The number of amides is 3. The first-order chi connectivity index (χ1) is 16.7. The zero-order chi connectivity index (χ0) is 27.6. The van der Waals surface area contributed by atoms with Crippen LogP contribution in [0.5, 0.6) is 0 Å². The van der Waals surface area contributed by atoms with Gasteiger partial charge in [-0.05, 0) is 65.9 Å². The predicted octanol–water partition coefficient (Wildman–Crippen LogP) is 4.94. The average molecular weight is 501 g/mol. The minimum atomic E-state index is -1.02. The summed E-state index contributed by atoms with van der Waals surface area (Å²) in [5.41, 5.74) is 1.77. The van der Waals surface area contributed by atoms with Crippen molar-refractivity contribution in [2.45, 2.75) is 105 Å². The highest BCUT2D eigenvalue weighted by Crippen LogP contribution is 2.26. The van der Waals surface area contributed by atoms with E-state index in [-0.39, 0.29) is 24.4 Å². The highest BCUT2D eigenvalue weighted by molar-refractivity contribution is 5.92. The Kier molecular flexibility index (Phi) is 11.9. The van der Waals surface area contributed by atoms with Gasteiger partial charge >= 0.3 is 6.09 Å². The van der Waals surface area contributed by atoms with Crippen molar-refractivity contribution in [3.8, 4) is 6.07 Å². The predicted molar refractivity (Wildman–Crippen MR) is 141 cm³/mol. The molecule has 0 fully saturated rings. The lowest BCUT2D eigenvalue weighted by molar-refractivity contribution is -0.142. The van der Waals surface area contributed by atoms with Gasteiger partial charge in [-0.1, -0.05) is 56.5 Å². The molecule has 1 rings (SSSR count). The number of aryl methyl sites for hydroxylation is 2. The first kappa shape index (κ1) is 31.0. The van der Waals surface area contributed by atoms with Crippen LogP contribution < -0.4 is 10.6 Å². The van der Waals surface area contributed by atoms with Crippen molar-refractivity contribution in [2.24, 2.45) is 5.92 Å². The van der Waals surface area contributed by atoms with Crippen molar-refractivity contribution in [1.29, 1.82) is 5.26 Å². The van der Waals surface area contributed by atoms with E-state index in [1.807, 2.05) is 65.8 Å². The van der Waals surface area contributed by atoms with E-state index in [0.29, 0.717) is 12.0 Å². The van der Waals surface area contributed by atoms with Gasteiger partial charge in [0, 0.05) is 6.04 Å². The van der Waals surface area contributed by atoms with E-state index in [2.05, 4.69) is 10.6 Å². The van der Waals surface area contributed by atoms with E-state index < -0.39 is 29.7 Å². The second-order valence-corrected chi connectivity index (χ2v) is 11.0. The van der Waals surface area contributed by atoms with Crippen LogP contribution in [0.25, 0.3) is 0 Å². The number of carbonyl (C=O) groups is 3. The molecular formula is C28H44N4O4. The van der Waals surface area contributed by atoms with Crippen molar-refractivity contribution in [2.75, 3.05) is 6.54 Å². The third-order valence-electron chi connectivity index (χ3n) is 5.45. The fourth-order valence-corrected chi connectivity index (χ4v) is 4.18. The van der Waals surface area contributed by atoms with Gasteiger partial charge in [0.15, 0.2) is 0 Å². The molecular weight excluding hydrogens is 456 g/mol. The first-order valence-corrected chi connectivity index (χ1v) is 12.7. The minimum absolute atomic E-state index is 0.0656. The van der Waals surface area contributed by atoms with Gasteiger partial charge in [-0.3, -0.25) is 9.59 Å². The maximum Gasteiger partial charge on any atom is 0.408 e. The molecule has 0 saturated carbocycles. The molecule has 0 aliphatic carbocycles. The summed E-state index contributed by atoms with van der Waals surface area (Å²) >= 11 is 0. The fraction of sp³-hybridized carbons (Fsp3) is 0.643. The van der Waals surface area contributed by atoms with Crippen molar-refractivity contribution in [3.05, 3.63) is 34.9 Å². The molecule has 2 N–H and O–H groups in total. The molecule has 0 saturated heterocycles. The summed E-state index contributed by atoms with van der Waals surface area (Å²) in [7, 11) is 0. The van der Waals surface area contributed by atoms with Gasteiger partial charge in [0.1, 0.15) is 24.2 Å². The van der Waals surface area contributed by atoms with Crippen LogP contribution >= 0.6 is 0 Å². The molecule has 36 heavy (non-hydrogen) atoms. The zero-order valence-electron chi connectivity index (χ0n) is 23.4. The molecule has 0 aliphatic rings. The number of carbonyl (C=O) groups excluding carboxylic acids is 3. The monoisotopic (exact) mass is 500 g/mol. The summed E-state index contributed by atoms with van der Waals surface area (Å²) in [4.78, 5) is 41.3. The number of hydrogen-bond donors (Lipinski definition) is 2. The van der Waals surface area contributed by atoms with E-state index in [4.69, 9.17) is 4.74 Å². The quantitative estimate of drug-likeness (QED) is 0.418. The van der Waals surface area contributed by atoms with Crippen LogP contribution in [-0.2, 0) is 14.3 Å². The second-order valence-electron chi connectivity index (χ2n) is 11.0. The Labute approximate surface area is 216 Å². The Bertz CT molecular complexity index is 926. The summed E-state index contributed by atoms with van der Waals surface area (Å²) in [5.74, 6) is -0.792. The van der Waals surface area contributed by atoms with Gasteiger partial charge in [0.05, 0.1) is 6.07 Å². The zero-order valence-corrected chi connectivity index (χ0v) is 23.4. The topological polar surface area (TPSA) is 112 Å². The third kappa shape index (κ3) is 10.3. The van der Waals surface area contributed by atoms with Crippen LogP contribution in [0, 0.1) is 31.1 Å². The lowest BCUT2D eigenvalue weighted by Crippen LogP contribution is -2.54. The number of rotatable bonds is 11. The number of nitrogens with one attached hydrogen (secondary N) is 2. The molecule has 8 nitrogen and oxygen atoms in total. The molecule has 1 aromatic rings. The Morgan fingerprint density at radius 3 is 2.11 bits per heavy atom. The fourth-order valence-electron chi connectivity index (χ4n) is 4.18. The smallest absolute Gasteiger partial charge is 0.408 e. The first-order valence-electron chi connectivity index (χ1n) is 12.7. The van der Waals surface area contributed by atoms with Gasteiger partial charge in [-0.2, -0.15) is 5.26 Å². The Balaban J connectivity index is 3.51. The molecule has 1 aromatic carbocycles. The Hall–Kier alpha value is -3.08. The normalized spacial score (nSPS) is 13.8. The molecule has 3 atom stereocenters. The molecule has 8 heteroatoms. The van der Waals surface area contributed by atoms with Crippen LogP contribution in [0.15, 0.2) is 18.2 Å². The molecule has 0 spiro atoms. The summed E-state index contributed by atoms with van der Waals surface area (Å²) < 4.78 is 5.38. The van der Waals surface area contributed by atoms with Gasteiger partial charge < -0.3 is 20.3 Å². The van der Waals surface area contributed by atoms with Crippen molar-refractivity contribution < 1.29 is 19.1 Å². The second kappa shape index (κ2) is 13.9. The Morgan fingerprint density at radius 2 is 1.64 bits per heavy atom. The van der Waals surface area contributed by atoms with Crippen molar-refractivity contribution in [1.82, 2.24) is 15.5 Å². The molecule has 200 valence electrons. The lowest BCUT2D eigenvalue weighted by Gasteiger charge is -2.34. The molecule has 0 aliphatic heterocycles. The summed E-state index contributed by atoms with van der Waals surface area (Å²) in [6, 6.07) is 5.67. The van der Waals surface area contributed by atoms with Gasteiger partial charge in [0.2, 0.25) is 11.8 Å². The summed E-state index contributed by atoms with van der Waals surface area (Å²) in [6.07, 6.45) is 1.29. The van der Waals surface area contributed by atoms with Crippen LogP contribution in [0.2, 0.25) is 0 Å². The highest BCUT2D eigenvalue weighted by Gasteiger charge is 2.37. The summed E-state index contributed by atoms with van der Waals surface area (Å²) in [5, 5.41) is 15.3. The SMILES string of the molecule is CCCC(C)NC(=O)C(c1cc(C)cc(C)c1)N(CC#N)C(=O)C(CC(C)C)NC(=O)OC(C)(C)C. The molecule has 0 heterocycles. The number of nitrogens with zero attached hydrogens (tertiary/aromatic N) is 2. The van der Waals surface area contributed by atoms with E-state index in [9.17, 15) is 19.6 Å². The van der Waals surface area contributed by atoms with E-state index in [1.165, 1.54) is 4.90 Å². The molecule has 0 radical (unpaired) electrons. The molecule has 0 aromatic heterocycles. The molecule has 3 amide bonds. The van der Waals surface area contributed by atoms with Crippen LogP contribution in [0.4, 0.5) is 4.79 Å². The van der Waals surface area contributed by atoms with Gasteiger partial charge in [-0.25, -0.2) is 4.79 Å². The molecule has 0 bridgehead atoms. The number of hydrogen-bond acceptors (Lipinski definition) is 5. The van der Waals surface area contributed by atoms with Gasteiger partial charge in [0.25, 0.3) is 0 Å². The van der Waals surface area contributed by atoms with Crippen LogP contribution in [-0.4, -0.2) is 47.0 Å². The lowest BCUT2D eigenvalue weighted by atomic mass is 9.96. The summed E-state index contributed by atoms with van der Waals surface area (Å²) in [6.45, 7) is 16.6. The Morgan fingerprint density at radius 1 is 1.06 bits per heavy atom. The van der Waals surface area contributed by atoms with Crippen LogP contribution in [0.3, 0.4) is 0 Å². The number of ether oxygens (including phenoxy) is 1. The maximum absolute atomic E-state index is 13.9. The standard InChI is InChI=1S/C28H44N4O4/c1-10-11-21(6)30-25(33)24(22-16-19(4)15-20(5)17-22)32(13-12-29)26(34)23(14-18(2)3)31-27(35)36-28(7,8)9/h15-18,21,23-24H,10-11,13-14H2,1-9H3,(H,30,33)(H,31,35). The van der Waals surface area contributed by atoms with E-state index >= 15 is 0 Å². The van der Waals surface area contributed by atoms with Crippen molar-refractivity contribution in [3.63, 3.8) is 0 Å². The van der Waals surface area contributed by atoms with Crippen LogP contribution in [0.1, 0.15) is 90.5 Å². The number of nitriles is 1. The van der Waals surface area contributed by atoms with Crippen molar-refractivity contribution >= 4 is 17.9 Å². The number of alkyl carbamates (subject to hydrolysis) is 1.